The third kappa shape index (κ3) is 4.87. The molecule has 0 spiro atoms. The Bertz CT molecular complexity index is 570. The van der Waals surface area contributed by atoms with Gasteiger partial charge in [-0.3, -0.25) is 0 Å². The van der Waals surface area contributed by atoms with E-state index in [1.807, 2.05) is 18.2 Å². The van der Waals surface area contributed by atoms with E-state index in [4.69, 9.17) is 26.8 Å². The summed E-state index contributed by atoms with van der Waals surface area (Å²) in [6.07, 6.45) is 1.84. The van der Waals surface area contributed by atoms with Gasteiger partial charge in [-0.1, -0.05) is 30.7 Å². The number of benzene rings is 2. The fourth-order valence-electron chi connectivity index (χ4n) is 1.87. The third-order valence-corrected chi connectivity index (χ3v) is 3.47. The third-order valence-electron chi connectivity index (χ3n) is 3.13. The van der Waals surface area contributed by atoms with Gasteiger partial charge in [-0.05, 0) is 36.2 Å². The largest absolute Gasteiger partial charge is 0.493 e. The van der Waals surface area contributed by atoms with Crippen LogP contribution in [-0.4, -0.2) is 13.2 Å². The van der Waals surface area contributed by atoms with Crippen LogP contribution in [0.25, 0.3) is 0 Å². The van der Waals surface area contributed by atoms with Gasteiger partial charge < -0.3 is 15.2 Å². The van der Waals surface area contributed by atoms with E-state index in [9.17, 15) is 0 Å². The number of aryl methyl sites for hydroxylation is 1. The van der Waals surface area contributed by atoms with Gasteiger partial charge in [0.15, 0.2) is 0 Å². The molecule has 0 saturated carbocycles. The summed E-state index contributed by atoms with van der Waals surface area (Å²) in [5, 5.41) is 0.543. The minimum atomic E-state index is 0.529. The van der Waals surface area contributed by atoms with Gasteiger partial charge in [-0.2, -0.15) is 0 Å². The van der Waals surface area contributed by atoms with Crippen molar-refractivity contribution >= 4 is 17.3 Å². The number of rotatable bonds is 7. The summed E-state index contributed by atoms with van der Waals surface area (Å²) in [7, 11) is 0. The molecule has 112 valence electrons. The summed E-state index contributed by atoms with van der Waals surface area (Å²) in [4.78, 5) is 0. The first-order chi connectivity index (χ1) is 10.2. The molecule has 0 aliphatic rings. The van der Waals surface area contributed by atoms with Crippen molar-refractivity contribution < 1.29 is 9.47 Å². The number of anilines is 1. The zero-order chi connectivity index (χ0) is 15.1. The molecule has 0 radical (unpaired) electrons. The minimum Gasteiger partial charge on any atom is -0.493 e. The molecule has 0 saturated heterocycles. The molecule has 0 amide bonds. The lowest BCUT2D eigenvalue weighted by Gasteiger charge is -2.09. The van der Waals surface area contributed by atoms with Crippen LogP contribution in [0.4, 0.5) is 5.69 Å². The first kappa shape index (κ1) is 15.5. The van der Waals surface area contributed by atoms with Crippen molar-refractivity contribution in [1.82, 2.24) is 0 Å². The smallest absolute Gasteiger partial charge is 0.121 e. The summed E-state index contributed by atoms with van der Waals surface area (Å²) < 4.78 is 11.3. The average Bonchev–Trinajstić information content (AvgIpc) is 2.51. The highest BCUT2D eigenvalue weighted by atomic mass is 35.5. The van der Waals surface area contributed by atoms with Gasteiger partial charge >= 0.3 is 0 Å². The van der Waals surface area contributed by atoms with Crippen LogP contribution in [0.2, 0.25) is 5.02 Å². The van der Waals surface area contributed by atoms with Gasteiger partial charge in [0.25, 0.3) is 0 Å². The van der Waals surface area contributed by atoms with Gasteiger partial charge in [-0.25, -0.2) is 0 Å². The van der Waals surface area contributed by atoms with Crippen molar-refractivity contribution in [1.29, 1.82) is 0 Å². The molecule has 0 unspecified atom stereocenters. The lowest BCUT2D eigenvalue weighted by molar-refractivity contribution is 0.247. The lowest BCUT2D eigenvalue weighted by Crippen LogP contribution is -2.05. The molecule has 2 rings (SSSR count). The zero-order valence-electron chi connectivity index (χ0n) is 12.1. The maximum atomic E-state index is 5.85. The molecule has 0 aliphatic heterocycles. The van der Waals surface area contributed by atoms with Crippen molar-refractivity contribution in [2.45, 2.75) is 19.8 Å². The normalized spacial score (nSPS) is 10.4. The Balaban J connectivity index is 1.68. The molecule has 0 bridgehead atoms. The Morgan fingerprint density at radius 1 is 0.952 bits per heavy atom. The molecule has 2 aromatic carbocycles. The van der Waals surface area contributed by atoms with Crippen LogP contribution in [0.1, 0.15) is 18.9 Å². The standard InChI is InChI=1S/C17H20ClNO2/c1-2-13-4-6-14(7-5-13)20-10-3-11-21-15-8-9-16(18)17(19)12-15/h4-9,12H,2-3,10-11,19H2,1H3. The zero-order valence-corrected chi connectivity index (χ0v) is 12.9. The van der Waals surface area contributed by atoms with Crippen molar-refractivity contribution in [3.05, 3.63) is 53.1 Å². The Morgan fingerprint density at radius 2 is 1.57 bits per heavy atom. The quantitative estimate of drug-likeness (QED) is 0.611. The summed E-state index contributed by atoms with van der Waals surface area (Å²) in [6, 6.07) is 13.4. The number of halogens is 1. The second-order valence-electron chi connectivity index (χ2n) is 4.73. The Morgan fingerprint density at radius 3 is 2.19 bits per heavy atom. The molecule has 21 heavy (non-hydrogen) atoms. The molecular formula is C17H20ClNO2. The van der Waals surface area contributed by atoms with Crippen molar-refractivity contribution in [2.24, 2.45) is 0 Å². The van der Waals surface area contributed by atoms with Gasteiger partial charge in [0.1, 0.15) is 11.5 Å². The van der Waals surface area contributed by atoms with E-state index in [1.165, 1.54) is 5.56 Å². The van der Waals surface area contributed by atoms with Crippen LogP contribution < -0.4 is 15.2 Å². The first-order valence-corrected chi connectivity index (χ1v) is 7.46. The van der Waals surface area contributed by atoms with Gasteiger partial charge in [0.05, 0.1) is 23.9 Å². The molecule has 2 N–H and O–H groups in total. The van der Waals surface area contributed by atoms with Crippen LogP contribution in [0, 0.1) is 0 Å². The summed E-state index contributed by atoms with van der Waals surface area (Å²) in [5.74, 6) is 1.62. The van der Waals surface area contributed by atoms with Crippen LogP contribution >= 0.6 is 11.6 Å². The van der Waals surface area contributed by atoms with Gasteiger partial charge in [0.2, 0.25) is 0 Å². The van der Waals surface area contributed by atoms with Crippen molar-refractivity contribution in [3.63, 3.8) is 0 Å². The fraction of sp³-hybridized carbons (Fsp3) is 0.294. The van der Waals surface area contributed by atoms with E-state index >= 15 is 0 Å². The topological polar surface area (TPSA) is 44.5 Å². The molecule has 0 heterocycles. The SMILES string of the molecule is CCc1ccc(OCCCOc2ccc(Cl)c(N)c2)cc1. The van der Waals surface area contributed by atoms with E-state index < -0.39 is 0 Å². The second-order valence-corrected chi connectivity index (χ2v) is 5.14. The molecule has 4 heteroatoms. The number of ether oxygens (including phenoxy) is 2. The highest BCUT2D eigenvalue weighted by molar-refractivity contribution is 6.33. The summed E-state index contributed by atoms with van der Waals surface area (Å²) in [6.45, 7) is 3.33. The lowest BCUT2D eigenvalue weighted by atomic mass is 10.2. The van der Waals surface area contributed by atoms with Crippen molar-refractivity contribution in [3.8, 4) is 11.5 Å². The maximum Gasteiger partial charge on any atom is 0.121 e. The molecule has 0 atom stereocenters. The molecule has 0 aromatic heterocycles. The Labute approximate surface area is 130 Å². The molecule has 3 nitrogen and oxygen atoms in total. The minimum absolute atomic E-state index is 0.529. The van der Waals surface area contributed by atoms with Crippen LogP contribution in [0.5, 0.6) is 11.5 Å². The van der Waals surface area contributed by atoms with Crippen LogP contribution in [0.15, 0.2) is 42.5 Å². The molecular weight excluding hydrogens is 286 g/mol. The van der Waals surface area contributed by atoms with E-state index in [1.54, 1.807) is 12.1 Å². The van der Waals surface area contributed by atoms with E-state index in [2.05, 4.69) is 19.1 Å². The number of nitrogen functional groups attached to an aromatic ring is 1. The second kappa shape index (κ2) is 7.79. The van der Waals surface area contributed by atoms with Gasteiger partial charge in [-0.15, -0.1) is 0 Å². The number of nitrogens with two attached hydrogens (primary N) is 1. The molecule has 0 aliphatic carbocycles. The highest BCUT2D eigenvalue weighted by Crippen LogP contribution is 2.23. The fourth-order valence-corrected chi connectivity index (χ4v) is 1.99. The summed E-state index contributed by atoms with van der Waals surface area (Å²) in [5.41, 5.74) is 7.55. The summed E-state index contributed by atoms with van der Waals surface area (Å²) >= 11 is 5.85. The highest BCUT2D eigenvalue weighted by Gasteiger charge is 2.00. The number of hydrogen-bond acceptors (Lipinski definition) is 3. The average molecular weight is 306 g/mol. The number of hydrogen-bond donors (Lipinski definition) is 1. The monoisotopic (exact) mass is 305 g/mol. The van der Waals surface area contributed by atoms with E-state index in [0.717, 1.165) is 24.3 Å². The Hall–Kier alpha value is -1.87. The molecule has 2 aromatic rings. The molecule has 0 fully saturated rings. The predicted octanol–water partition coefficient (Wildman–Crippen LogP) is 4.33. The predicted molar refractivity (Wildman–Crippen MR) is 87.3 cm³/mol. The van der Waals surface area contributed by atoms with Gasteiger partial charge in [0, 0.05) is 12.5 Å². The van der Waals surface area contributed by atoms with Crippen LogP contribution in [0.3, 0.4) is 0 Å². The van der Waals surface area contributed by atoms with Crippen LogP contribution in [-0.2, 0) is 6.42 Å². The van der Waals surface area contributed by atoms with E-state index in [0.29, 0.717) is 23.9 Å². The first-order valence-electron chi connectivity index (χ1n) is 7.08. The Kier molecular flexibility index (Phi) is 5.76. The van der Waals surface area contributed by atoms with E-state index in [-0.39, 0.29) is 0 Å². The maximum absolute atomic E-state index is 5.85. The van der Waals surface area contributed by atoms with Crippen molar-refractivity contribution in [2.75, 3.05) is 18.9 Å².